The lowest BCUT2D eigenvalue weighted by atomic mass is 10.4. The molecule has 0 aliphatic carbocycles. The first-order valence-corrected chi connectivity index (χ1v) is 6.19. The summed E-state index contributed by atoms with van der Waals surface area (Å²) in [5.74, 6) is -0.0273. The average Bonchev–Trinajstić information content (AvgIpc) is 2.18. The van der Waals surface area contributed by atoms with Gasteiger partial charge in [-0.3, -0.25) is 0 Å². The van der Waals surface area contributed by atoms with Gasteiger partial charge in [0.05, 0.1) is 10.6 Å². The summed E-state index contributed by atoms with van der Waals surface area (Å²) < 4.78 is 23.4. The maximum atomic E-state index is 11.7. The molecule has 0 saturated heterocycles. The van der Waals surface area contributed by atoms with Crippen molar-refractivity contribution in [2.75, 3.05) is 5.75 Å². The van der Waals surface area contributed by atoms with Crippen LogP contribution >= 0.6 is 11.6 Å². The summed E-state index contributed by atoms with van der Waals surface area (Å²) in [4.78, 5) is 0.331. The molecule has 0 fully saturated rings. The summed E-state index contributed by atoms with van der Waals surface area (Å²) >= 11 is 5.42. The van der Waals surface area contributed by atoms with Gasteiger partial charge in [0, 0.05) is 5.54 Å². The molecule has 0 amide bonds. The Hall–Kier alpha value is -0.800. The minimum atomic E-state index is -3.22. The first-order chi connectivity index (χ1) is 6.56. The highest BCUT2D eigenvalue weighted by Gasteiger charge is 2.13. The van der Waals surface area contributed by atoms with Crippen LogP contribution in [-0.2, 0) is 9.84 Å². The van der Waals surface area contributed by atoms with Crippen LogP contribution in [0.3, 0.4) is 0 Å². The summed E-state index contributed by atoms with van der Waals surface area (Å²) in [6, 6.07) is 8.34. The summed E-state index contributed by atoms with van der Waals surface area (Å²) in [7, 11) is -3.22. The number of hydrogen-bond donors (Lipinski definition) is 0. The molecular formula is C10H11ClO2S. The molecule has 0 atom stereocenters. The van der Waals surface area contributed by atoms with Gasteiger partial charge in [-0.05, 0) is 24.6 Å². The van der Waals surface area contributed by atoms with E-state index in [1.165, 1.54) is 5.54 Å². The van der Waals surface area contributed by atoms with Crippen LogP contribution in [-0.4, -0.2) is 14.2 Å². The molecule has 0 N–H and O–H groups in total. The molecule has 1 rings (SSSR count). The number of hydrogen-bond acceptors (Lipinski definition) is 2. The highest BCUT2D eigenvalue weighted by Crippen LogP contribution is 2.13. The number of halogens is 1. The Balaban J connectivity index is 2.99. The summed E-state index contributed by atoms with van der Waals surface area (Å²) in [6.07, 6.45) is 0. The van der Waals surface area contributed by atoms with E-state index in [9.17, 15) is 8.42 Å². The molecule has 0 bridgehead atoms. The maximum absolute atomic E-state index is 11.7. The molecule has 0 unspecified atom stereocenters. The van der Waals surface area contributed by atoms with E-state index in [4.69, 9.17) is 11.6 Å². The molecule has 1 aromatic rings. The maximum Gasteiger partial charge on any atom is 0.182 e. The topological polar surface area (TPSA) is 34.1 Å². The van der Waals surface area contributed by atoms with Crippen LogP contribution in [0.4, 0.5) is 0 Å². The fourth-order valence-electron chi connectivity index (χ4n) is 1.04. The van der Waals surface area contributed by atoms with Gasteiger partial charge in [-0.25, -0.2) is 8.42 Å². The smallest absolute Gasteiger partial charge is 0.182 e. The van der Waals surface area contributed by atoms with Crippen molar-refractivity contribution in [3.8, 4) is 0 Å². The number of benzene rings is 1. The zero-order valence-corrected chi connectivity index (χ0v) is 9.35. The van der Waals surface area contributed by atoms with E-state index in [-0.39, 0.29) is 5.75 Å². The van der Waals surface area contributed by atoms with E-state index in [0.717, 1.165) is 0 Å². The van der Waals surface area contributed by atoms with Gasteiger partial charge in [0.1, 0.15) is 0 Å². The molecule has 1 aromatic carbocycles. The van der Waals surface area contributed by atoms with Crippen molar-refractivity contribution in [2.45, 2.75) is 11.8 Å². The second-order valence-corrected chi connectivity index (χ2v) is 5.24. The molecule has 0 heterocycles. The Labute approximate surface area is 89.1 Å². The van der Waals surface area contributed by atoms with Gasteiger partial charge in [0.15, 0.2) is 9.84 Å². The van der Waals surface area contributed by atoms with Gasteiger partial charge in [0.25, 0.3) is 0 Å². The normalized spacial score (nSPS) is 12.9. The van der Waals surface area contributed by atoms with E-state index in [0.29, 0.717) is 10.5 Å². The van der Waals surface area contributed by atoms with Gasteiger partial charge >= 0.3 is 0 Å². The van der Waals surface area contributed by atoms with Crippen molar-refractivity contribution in [2.24, 2.45) is 0 Å². The van der Waals surface area contributed by atoms with Gasteiger partial charge < -0.3 is 0 Å². The van der Waals surface area contributed by atoms with Crippen LogP contribution < -0.4 is 0 Å². The Morgan fingerprint density at radius 2 is 1.93 bits per heavy atom. The molecule has 0 spiro atoms. The largest absolute Gasteiger partial charge is 0.223 e. The van der Waals surface area contributed by atoms with Crippen LogP contribution in [0.2, 0.25) is 0 Å². The lowest BCUT2D eigenvalue weighted by Gasteiger charge is -2.03. The Bertz CT molecular complexity index is 421. The van der Waals surface area contributed by atoms with Crippen LogP contribution in [0, 0.1) is 0 Å². The van der Waals surface area contributed by atoms with Crippen LogP contribution in [0.25, 0.3) is 0 Å². The quantitative estimate of drug-likeness (QED) is 0.800. The Kier molecular flexibility index (Phi) is 3.72. The minimum Gasteiger partial charge on any atom is -0.223 e. The highest BCUT2D eigenvalue weighted by molar-refractivity contribution is 7.91. The average molecular weight is 231 g/mol. The molecule has 0 saturated carbocycles. The lowest BCUT2D eigenvalue weighted by Crippen LogP contribution is -2.07. The molecule has 0 radical (unpaired) electrons. The molecular weight excluding hydrogens is 220 g/mol. The second kappa shape index (κ2) is 4.62. The molecule has 0 aromatic heterocycles. The standard InChI is InChI=1S/C10H11ClO2S/c1-9(7-11)8-14(12,13)10-5-3-2-4-6-10/h2-7H,8H2,1H3. The van der Waals surface area contributed by atoms with Crippen molar-refractivity contribution in [1.29, 1.82) is 0 Å². The Morgan fingerprint density at radius 3 is 2.43 bits per heavy atom. The van der Waals surface area contributed by atoms with Crippen molar-refractivity contribution >= 4 is 21.4 Å². The van der Waals surface area contributed by atoms with Gasteiger partial charge in [-0.15, -0.1) is 0 Å². The second-order valence-electron chi connectivity index (χ2n) is 3.03. The van der Waals surface area contributed by atoms with Crippen molar-refractivity contribution in [3.63, 3.8) is 0 Å². The van der Waals surface area contributed by atoms with Crippen LogP contribution in [0.5, 0.6) is 0 Å². The fraction of sp³-hybridized carbons (Fsp3) is 0.200. The SMILES string of the molecule is CC(=CCl)CS(=O)(=O)c1ccccc1. The highest BCUT2D eigenvalue weighted by atomic mass is 35.5. The van der Waals surface area contributed by atoms with E-state index in [2.05, 4.69) is 0 Å². The van der Waals surface area contributed by atoms with Gasteiger partial charge in [-0.2, -0.15) is 0 Å². The van der Waals surface area contributed by atoms with E-state index in [1.54, 1.807) is 37.3 Å². The van der Waals surface area contributed by atoms with Crippen molar-refractivity contribution < 1.29 is 8.42 Å². The predicted molar refractivity (Wildman–Crippen MR) is 58.1 cm³/mol. The van der Waals surface area contributed by atoms with Crippen LogP contribution in [0.15, 0.2) is 46.3 Å². The summed E-state index contributed by atoms with van der Waals surface area (Å²) in [5, 5.41) is 0. The summed E-state index contributed by atoms with van der Waals surface area (Å²) in [5.41, 5.74) is 1.93. The first kappa shape index (κ1) is 11.3. The predicted octanol–water partition coefficient (Wildman–Crippen LogP) is 2.60. The van der Waals surface area contributed by atoms with Gasteiger partial charge in [0.2, 0.25) is 0 Å². The van der Waals surface area contributed by atoms with Crippen molar-refractivity contribution in [3.05, 3.63) is 41.4 Å². The zero-order chi connectivity index (χ0) is 10.6. The number of rotatable bonds is 3. The van der Waals surface area contributed by atoms with E-state index >= 15 is 0 Å². The monoisotopic (exact) mass is 230 g/mol. The lowest BCUT2D eigenvalue weighted by molar-refractivity contribution is 0.598. The van der Waals surface area contributed by atoms with Crippen molar-refractivity contribution in [1.82, 2.24) is 0 Å². The zero-order valence-electron chi connectivity index (χ0n) is 7.77. The van der Waals surface area contributed by atoms with E-state index < -0.39 is 9.84 Å². The Morgan fingerprint density at radius 1 is 1.36 bits per heavy atom. The molecule has 4 heteroatoms. The molecule has 14 heavy (non-hydrogen) atoms. The third kappa shape index (κ3) is 2.86. The fourth-order valence-corrected chi connectivity index (χ4v) is 2.63. The molecule has 0 aliphatic rings. The number of sulfone groups is 1. The summed E-state index contributed by atoms with van der Waals surface area (Å²) in [6.45, 7) is 1.69. The molecule has 76 valence electrons. The van der Waals surface area contributed by atoms with Crippen LogP contribution in [0.1, 0.15) is 6.92 Å². The molecule has 2 nitrogen and oxygen atoms in total. The first-order valence-electron chi connectivity index (χ1n) is 4.10. The van der Waals surface area contributed by atoms with Gasteiger partial charge in [-0.1, -0.05) is 29.8 Å². The third-order valence-electron chi connectivity index (χ3n) is 1.71. The third-order valence-corrected chi connectivity index (χ3v) is 3.90. The van der Waals surface area contributed by atoms with E-state index in [1.807, 2.05) is 0 Å². The minimum absolute atomic E-state index is 0.0273. The molecule has 0 aliphatic heterocycles.